The highest BCUT2D eigenvalue weighted by atomic mass is 16.3. The van der Waals surface area contributed by atoms with E-state index in [1.54, 1.807) is 5.57 Å². The first kappa shape index (κ1) is 21.6. The molecule has 0 aliphatic heterocycles. The van der Waals surface area contributed by atoms with E-state index in [1.807, 2.05) is 13.8 Å². The van der Waals surface area contributed by atoms with E-state index in [4.69, 9.17) is 0 Å². The van der Waals surface area contributed by atoms with Gasteiger partial charge < -0.3 is 10.2 Å². The van der Waals surface area contributed by atoms with Gasteiger partial charge in [0.2, 0.25) is 0 Å². The maximum absolute atomic E-state index is 10.2. The van der Waals surface area contributed by atoms with Crippen LogP contribution in [0.2, 0.25) is 0 Å². The van der Waals surface area contributed by atoms with Crippen molar-refractivity contribution in [1.82, 2.24) is 0 Å². The summed E-state index contributed by atoms with van der Waals surface area (Å²) < 4.78 is 0. The predicted molar refractivity (Wildman–Crippen MR) is 120 cm³/mol. The average Bonchev–Trinajstić information content (AvgIpc) is 2.98. The van der Waals surface area contributed by atoms with Crippen molar-refractivity contribution < 1.29 is 10.2 Å². The molecule has 0 aromatic carbocycles. The van der Waals surface area contributed by atoms with Crippen molar-refractivity contribution in [3.8, 4) is 0 Å². The van der Waals surface area contributed by atoms with Crippen LogP contribution in [0.5, 0.6) is 0 Å². The van der Waals surface area contributed by atoms with E-state index in [2.05, 4.69) is 32.9 Å². The lowest BCUT2D eigenvalue weighted by Gasteiger charge is -2.55. The zero-order chi connectivity index (χ0) is 21.0. The largest absolute Gasteiger partial charge is 0.393 e. The molecular formula is C27H44O2. The summed E-state index contributed by atoms with van der Waals surface area (Å²) in [5.74, 6) is 3.03. The molecule has 0 aromatic heterocycles. The minimum atomic E-state index is -0.528. The molecule has 4 aliphatic carbocycles. The monoisotopic (exact) mass is 400 g/mol. The molecule has 0 saturated heterocycles. The molecular weight excluding hydrogens is 356 g/mol. The molecule has 1 unspecified atom stereocenters. The van der Waals surface area contributed by atoms with Crippen LogP contribution in [-0.2, 0) is 0 Å². The Morgan fingerprint density at radius 2 is 1.83 bits per heavy atom. The van der Waals surface area contributed by atoms with E-state index in [0.29, 0.717) is 16.7 Å². The maximum atomic E-state index is 10.2. The second-order valence-electron chi connectivity index (χ2n) is 12.2. The minimum absolute atomic E-state index is 0.126. The van der Waals surface area contributed by atoms with Crippen LogP contribution < -0.4 is 0 Å². The highest BCUT2D eigenvalue weighted by Crippen LogP contribution is 2.66. The first-order chi connectivity index (χ1) is 13.5. The van der Waals surface area contributed by atoms with Gasteiger partial charge in [-0.15, -0.1) is 0 Å². The lowest BCUT2D eigenvalue weighted by atomic mass is 9.50. The molecule has 3 fully saturated rings. The third kappa shape index (κ3) is 3.78. The number of hydrogen-bond acceptors (Lipinski definition) is 2. The van der Waals surface area contributed by atoms with Crippen LogP contribution in [0.4, 0.5) is 0 Å². The Bertz CT molecular complexity index is 683. The van der Waals surface area contributed by atoms with Crippen molar-refractivity contribution in [3.05, 3.63) is 23.3 Å². The Kier molecular flexibility index (Phi) is 5.61. The van der Waals surface area contributed by atoms with Gasteiger partial charge in [0.25, 0.3) is 0 Å². The molecule has 0 amide bonds. The Labute approximate surface area is 178 Å². The molecule has 4 rings (SSSR count). The van der Waals surface area contributed by atoms with Crippen molar-refractivity contribution in [2.75, 3.05) is 0 Å². The van der Waals surface area contributed by atoms with Gasteiger partial charge in [-0.2, -0.15) is 0 Å². The van der Waals surface area contributed by atoms with Gasteiger partial charge in [0.05, 0.1) is 11.7 Å². The molecule has 2 nitrogen and oxygen atoms in total. The molecule has 164 valence electrons. The van der Waals surface area contributed by atoms with Crippen molar-refractivity contribution in [2.45, 2.75) is 111 Å². The van der Waals surface area contributed by atoms with E-state index in [-0.39, 0.29) is 6.10 Å². The summed E-state index contributed by atoms with van der Waals surface area (Å²) in [4.78, 5) is 0. The summed E-state index contributed by atoms with van der Waals surface area (Å²) in [5.41, 5.74) is 3.49. The fourth-order valence-electron chi connectivity index (χ4n) is 8.02. The van der Waals surface area contributed by atoms with Gasteiger partial charge >= 0.3 is 0 Å². The second kappa shape index (κ2) is 7.52. The highest BCUT2D eigenvalue weighted by Gasteiger charge is 2.56. The normalized spacial score (nSPS) is 43.0. The Hall–Kier alpha value is -0.600. The molecule has 4 aliphatic rings. The molecule has 0 radical (unpaired) electrons. The fourth-order valence-corrected chi connectivity index (χ4v) is 8.02. The van der Waals surface area contributed by atoms with Gasteiger partial charge in [-0.3, -0.25) is 0 Å². The van der Waals surface area contributed by atoms with Crippen LogP contribution in [0.3, 0.4) is 0 Å². The number of rotatable bonds is 5. The summed E-state index contributed by atoms with van der Waals surface area (Å²) in [6.07, 6.45) is 16.5. The van der Waals surface area contributed by atoms with Gasteiger partial charge in [-0.25, -0.2) is 0 Å². The first-order valence-electron chi connectivity index (χ1n) is 12.4. The summed E-state index contributed by atoms with van der Waals surface area (Å²) in [5, 5.41) is 20.3. The smallest absolute Gasteiger partial charge is 0.0591 e. The Morgan fingerprint density at radius 1 is 1.07 bits per heavy atom. The van der Waals surface area contributed by atoms with Crippen molar-refractivity contribution in [3.63, 3.8) is 0 Å². The predicted octanol–water partition coefficient (Wildman–Crippen LogP) is 6.42. The summed E-state index contributed by atoms with van der Waals surface area (Å²) >= 11 is 0. The van der Waals surface area contributed by atoms with E-state index in [1.165, 1.54) is 37.7 Å². The van der Waals surface area contributed by atoms with Crippen LogP contribution in [-0.4, -0.2) is 21.9 Å². The number of fused-ring (bicyclic) bond motifs is 5. The van der Waals surface area contributed by atoms with Crippen LogP contribution in [0.25, 0.3) is 0 Å². The highest BCUT2D eigenvalue weighted by molar-refractivity contribution is 5.38. The van der Waals surface area contributed by atoms with Gasteiger partial charge in [0, 0.05) is 0 Å². The van der Waals surface area contributed by atoms with Crippen LogP contribution in [0.15, 0.2) is 23.3 Å². The minimum Gasteiger partial charge on any atom is -0.393 e. The van der Waals surface area contributed by atoms with Gasteiger partial charge in [-0.05, 0) is 99.7 Å². The molecule has 0 spiro atoms. The third-order valence-electron chi connectivity index (χ3n) is 9.75. The Balaban J connectivity index is 1.51. The molecule has 0 bridgehead atoms. The third-order valence-corrected chi connectivity index (χ3v) is 9.75. The van der Waals surface area contributed by atoms with Crippen LogP contribution in [0.1, 0.15) is 98.8 Å². The first-order valence-corrected chi connectivity index (χ1v) is 12.4. The lowest BCUT2D eigenvalue weighted by molar-refractivity contribution is 0.0298. The molecule has 2 N–H and O–H groups in total. The number of hydrogen-bond donors (Lipinski definition) is 2. The summed E-state index contributed by atoms with van der Waals surface area (Å²) in [7, 11) is 0. The zero-order valence-corrected chi connectivity index (χ0v) is 19.5. The van der Waals surface area contributed by atoms with E-state index in [0.717, 1.165) is 49.9 Å². The van der Waals surface area contributed by atoms with Crippen molar-refractivity contribution in [2.24, 2.45) is 34.5 Å². The molecule has 0 heterocycles. The van der Waals surface area contributed by atoms with E-state index in [9.17, 15) is 10.2 Å². The summed E-state index contributed by atoms with van der Waals surface area (Å²) in [6, 6.07) is 0. The quantitative estimate of drug-likeness (QED) is 0.559. The van der Waals surface area contributed by atoms with Crippen LogP contribution in [0, 0.1) is 34.5 Å². The van der Waals surface area contributed by atoms with Crippen molar-refractivity contribution in [1.29, 1.82) is 0 Å². The van der Waals surface area contributed by atoms with Crippen LogP contribution >= 0.6 is 0 Å². The molecule has 29 heavy (non-hydrogen) atoms. The number of allylic oxidation sites excluding steroid dienone is 3. The number of aliphatic hydroxyl groups excluding tert-OH is 1. The van der Waals surface area contributed by atoms with Crippen molar-refractivity contribution >= 4 is 0 Å². The van der Waals surface area contributed by atoms with Gasteiger partial charge in [0.15, 0.2) is 0 Å². The Morgan fingerprint density at radius 3 is 2.55 bits per heavy atom. The lowest BCUT2D eigenvalue weighted by Crippen LogP contribution is -2.46. The molecule has 0 aromatic rings. The SMILES string of the molecule is C[C@H](CCCC(C)(C)O)[C@H]1CC[C@H]2C3=CC=C4CC(O)CC[C@]4(C)[C@H]3CC[C@]12C. The fraction of sp³-hybridized carbons (Fsp3) is 0.852. The van der Waals surface area contributed by atoms with Gasteiger partial charge in [0.1, 0.15) is 0 Å². The number of aliphatic hydroxyl groups is 2. The second-order valence-corrected chi connectivity index (χ2v) is 12.2. The van der Waals surface area contributed by atoms with E-state index < -0.39 is 5.60 Å². The topological polar surface area (TPSA) is 40.5 Å². The van der Waals surface area contributed by atoms with Gasteiger partial charge in [-0.1, -0.05) is 56.9 Å². The maximum Gasteiger partial charge on any atom is 0.0591 e. The standard InChI is InChI=1S/C27H44O2/c1-18(7-6-14-25(2,3)29)22-10-11-23-21-9-8-19-17-20(28)12-15-26(19,4)24(21)13-16-27(22,23)5/h8-9,18,20,22-24,28-29H,6-7,10-17H2,1-5H3/t18-,20?,22-,23+,24+,26+,27-/m1/s1. The molecule has 3 saturated carbocycles. The zero-order valence-electron chi connectivity index (χ0n) is 19.5. The molecule has 2 heteroatoms. The summed E-state index contributed by atoms with van der Waals surface area (Å²) in [6.45, 7) is 11.5. The molecule has 7 atom stereocenters. The average molecular weight is 401 g/mol. The van der Waals surface area contributed by atoms with E-state index >= 15 is 0 Å².